The van der Waals surface area contributed by atoms with Gasteiger partial charge in [0.2, 0.25) is 0 Å². The summed E-state index contributed by atoms with van der Waals surface area (Å²) < 4.78 is 0. The number of carbonyl (C=O) groups is 1. The van der Waals surface area contributed by atoms with Crippen LogP contribution in [0.2, 0.25) is 0 Å². The summed E-state index contributed by atoms with van der Waals surface area (Å²) in [5, 5.41) is 8.74. The molecular formula is C10H21NO2S. The molecule has 3 nitrogen and oxygen atoms in total. The number of hydrogen-bond acceptors (Lipinski definition) is 3. The Morgan fingerprint density at radius 3 is 2.57 bits per heavy atom. The van der Waals surface area contributed by atoms with Crippen LogP contribution in [-0.4, -0.2) is 46.6 Å². The van der Waals surface area contributed by atoms with Crippen LogP contribution in [0.3, 0.4) is 0 Å². The minimum absolute atomic E-state index is 0.166. The maximum absolute atomic E-state index is 10.6. The Balaban J connectivity index is 3.90. The number of nitrogens with zero attached hydrogens (tertiary/aromatic N) is 1. The van der Waals surface area contributed by atoms with E-state index in [4.69, 9.17) is 5.11 Å². The van der Waals surface area contributed by atoms with E-state index in [1.165, 1.54) is 0 Å². The molecule has 0 rings (SSSR count). The molecule has 84 valence electrons. The summed E-state index contributed by atoms with van der Waals surface area (Å²) in [5.41, 5.74) is 0. The maximum Gasteiger partial charge on any atom is 0.317 e. The molecular weight excluding hydrogens is 198 g/mol. The lowest BCUT2D eigenvalue weighted by Gasteiger charge is -2.26. The zero-order chi connectivity index (χ0) is 11.0. The fourth-order valence-electron chi connectivity index (χ4n) is 1.21. The monoisotopic (exact) mass is 219 g/mol. The fourth-order valence-corrected chi connectivity index (χ4v) is 1.87. The predicted octanol–water partition coefficient (Wildman–Crippen LogP) is 1.92. The topological polar surface area (TPSA) is 40.5 Å². The van der Waals surface area contributed by atoms with Gasteiger partial charge in [-0.2, -0.15) is 11.8 Å². The molecule has 0 saturated heterocycles. The highest BCUT2D eigenvalue weighted by Crippen LogP contribution is 2.06. The van der Waals surface area contributed by atoms with Crippen LogP contribution in [0.5, 0.6) is 0 Å². The summed E-state index contributed by atoms with van der Waals surface area (Å²) in [4.78, 5) is 12.6. The van der Waals surface area contributed by atoms with Crippen LogP contribution >= 0.6 is 11.8 Å². The second-order valence-electron chi connectivity index (χ2n) is 3.32. The van der Waals surface area contributed by atoms with Crippen molar-refractivity contribution in [2.24, 2.45) is 0 Å². The van der Waals surface area contributed by atoms with Crippen molar-refractivity contribution in [3.05, 3.63) is 0 Å². The minimum atomic E-state index is -0.730. The second kappa shape index (κ2) is 8.12. The van der Waals surface area contributed by atoms with Gasteiger partial charge in [0.15, 0.2) is 0 Å². The number of rotatable bonds is 8. The first-order valence-electron chi connectivity index (χ1n) is 5.15. The third kappa shape index (κ3) is 6.27. The first-order valence-corrected chi connectivity index (χ1v) is 6.30. The van der Waals surface area contributed by atoms with Crippen LogP contribution in [0.1, 0.15) is 27.2 Å². The van der Waals surface area contributed by atoms with E-state index in [2.05, 4.69) is 20.8 Å². The van der Waals surface area contributed by atoms with Gasteiger partial charge in [0.1, 0.15) is 0 Å². The van der Waals surface area contributed by atoms with Crippen molar-refractivity contribution >= 4 is 17.7 Å². The van der Waals surface area contributed by atoms with Crippen LogP contribution in [0, 0.1) is 0 Å². The lowest BCUT2D eigenvalue weighted by atomic mass is 10.2. The van der Waals surface area contributed by atoms with Gasteiger partial charge in [0, 0.05) is 18.3 Å². The summed E-state index contributed by atoms with van der Waals surface area (Å²) in [6, 6.07) is 0.364. The Kier molecular flexibility index (Phi) is 7.99. The molecule has 0 aromatic rings. The maximum atomic E-state index is 10.6. The number of thioether (sulfide) groups is 1. The number of aliphatic carboxylic acids is 1. The Morgan fingerprint density at radius 2 is 2.14 bits per heavy atom. The average Bonchev–Trinajstić information content (AvgIpc) is 2.15. The molecule has 0 aliphatic heterocycles. The van der Waals surface area contributed by atoms with E-state index in [0.717, 1.165) is 24.5 Å². The molecule has 0 heterocycles. The first kappa shape index (κ1) is 13.8. The highest BCUT2D eigenvalue weighted by molar-refractivity contribution is 7.99. The van der Waals surface area contributed by atoms with E-state index < -0.39 is 5.97 Å². The molecule has 0 aromatic carbocycles. The van der Waals surface area contributed by atoms with E-state index in [1.807, 2.05) is 16.7 Å². The van der Waals surface area contributed by atoms with Crippen LogP contribution in [0.4, 0.5) is 0 Å². The molecule has 0 aliphatic carbocycles. The van der Waals surface area contributed by atoms with E-state index >= 15 is 0 Å². The minimum Gasteiger partial charge on any atom is -0.480 e. The van der Waals surface area contributed by atoms with Crippen molar-refractivity contribution in [2.45, 2.75) is 33.2 Å². The van der Waals surface area contributed by atoms with Gasteiger partial charge in [-0.1, -0.05) is 13.8 Å². The van der Waals surface area contributed by atoms with Gasteiger partial charge in [-0.25, -0.2) is 0 Å². The third-order valence-electron chi connectivity index (χ3n) is 2.28. The Hall–Kier alpha value is -0.220. The Morgan fingerprint density at radius 1 is 1.50 bits per heavy atom. The lowest BCUT2D eigenvalue weighted by Crippen LogP contribution is -2.38. The highest BCUT2D eigenvalue weighted by Gasteiger charge is 2.14. The highest BCUT2D eigenvalue weighted by atomic mass is 32.2. The fraction of sp³-hybridized carbons (Fsp3) is 0.900. The van der Waals surface area contributed by atoms with Gasteiger partial charge < -0.3 is 5.11 Å². The van der Waals surface area contributed by atoms with Gasteiger partial charge in [-0.15, -0.1) is 0 Å². The molecule has 0 radical (unpaired) electrons. The van der Waals surface area contributed by atoms with Gasteiger partial charge in [-0.05, 0) is 19.1 Å². The van der Waals surface area contributed by atoms with Crippen molar-refractivity contribution in [3.63, 3.8) is 0 Å². The molecule has 1 atom stereocenters. The van der Waals surface area contributed by atoms with E-state index in [9.17, 15) is 4.79 Å². The molecule has 0 spiro atoms. The van der Waals surface area contributed by atoms with Crippen LogP contribution < -0.4 is 0 Å². The average molecular weight is 219 g/mol. The van der Waals surface area contributed by atoms with Gasteiger partial charge in [0.25, 0.3) is 0 Å². The van der Waals surface area contributed by atoms with E-state index in [0.29, 0.717) is 6.04 Å². The van der Waals surface area contributed by atoms with E-state index in [-0.39, 0.29) is 6.54 Å². The number of carboxylic acids is 1. The zero-order valence-corrected chi connectivity index (χ0v) is 10.1. The summed E-state index contributed by atoms with van der Waals surface area (Å²) in [7, 11) is 0. The summed E-state index contributed by atoms with van der Waals surface area (Å²) in [6.07, 6.45) is 1.00. The van der Waals surface area contributed by atoms with Crippen LogP contribution in [0.15, 0.2) is 0 Å². The first-order chi connectivity index (χ1) is 6.61. The Labute approximate surface area is 90.9 Å². The summed E-state index contributed by atoms with van der Waals surface area (Å²) >= 11 is 1.86. The molecule has 1 N–H and O–H groups in total. The van der Waals surface area contributed by atoms with Crippen molar-refractivity contribution in [3.8, 4) is 0 Å². The second-order valence-corrected chi connectivity index (χ2v) is 4.71. The molecule has 14 heavy (non-hydrogen) atoms. The van der Waals surface area contributed by atoms with E-state index in [1.54, 1.807) is 0 Å². The molecule has 0 bridgehead atoms. The molecule has 0 amide bonds. The molecule has 0 aromatic heterocycles. The predicted molar refractivity (Wildman–Crippen MR) is 62.0 cm³/mol. The SMILES string of the molecule is CCSCCN(CC(=O)O)C(C)CC. The molecule has 4 heteroatoms. The van der Waals surface area contributed by atoms with Crippen molar-refractivity contribution in [1.82, 2.24) is 4.90 Å². The van der Waals surface area contributed by atoms with Gasteiger partial charge >= 0.3 is 5.97 Å². The van der Waals surface area contributed by atoms with Gasteiger partial charge in [0.05, 0.1) is 6.54 Å². The lowest BCUT2D eigenvalue weighted by molar-refractivity contribution is -0.138. The van der Waals surface area contributed by atoms with Gasteiger partial charge in [-0.3, -0.25) is 9.69 Å². The number of hydrogen-bond donors (Lipinski definition) is 1. The molecule has 1 unspecified atom stereocenters. The quantitative estimate of drug-likeness (QED) is 0.633. The van der Waals surface area contributed by atoms with Crippen LogP contribution in [0.25, 0.3) is 0 Å². The van der Waals surface area contributed by atoms with Crippen LogP contribution in [-0.2, 0) is 4.79 Å². The summed E-state index contributed by atoms with van der Waals surface area (Å²) in [5.74, 6) is 1.39. The van der Waals surface area contributed by atoms with Crippen molar-refractivity contribution in [1.29, 1.82) is 0 Å². The standard InChI is InChI=1S/C10H21NO2S/c1-4-9(3)11(8-10(12)13)6-7-14-5-2/h9H,4-8H2,1-3H3,(H,12,13). The number of carboxylic acid groups (broad SMARTS) is 1. The third-order valence-corrected chi connectivity index (χ3v) is 3.16. The Bertz CT molecular complexity index is 164. The molecule has 0 fully saturated rings. The van der Waals surface area contributed by atoms with Crippen molar-refractivity contribution in [2.75, 3.05) is 24.6 Å². The summed E-state index contributed by atoms with van der Waals surface area (Å²) in [6.45, 7) is 7.33. The molecule has 0 aliphatic rings. The van der Waals surface area contributed by atoms with Crippen molar-refractivity contribution < 1.29 is 9.90 Å². The molecule has 0 saturated carbocycles. The smallest absolute Gasteiger partial charge is 0.317 e. The zero-order valence-electron chi connectivity index (χ0n) is 9.32. The largest absolute Gasteiger partial charge is 0.480 e. The normalized spacial score (nSPS) is 13.1.